The van der Waals surface area contributed by atoms with Gasteiger partial charge in [0.2, 0.25) is 0 Å². The van der Waals surface area contributed by atoms with Crippen molar-refractivity contribution in [1.82, 2.24) is 5.43 Å². The third kappa shape index (κ3) is 6.63. The molecule has 0 unspecified atom stereocenters. The van der Waals surface area contributed by atoms with Crippen molar-refractivity contribution < 1.29 is 23.8 Å². The van der Waals surface area contributed by atoms with Gasteiger partial charge in [0.1, 0.15) is 12.4 Å². The summed E-state index contributed by atoms with van der Waals surface area (Å²) in [6.45, 7) is 0.219. The summed E-state index contributed by atoms with van der Waals surface area (Å²) in [5.74, 6) is -0.446. The van der Waals surface area contributed by atoms with Crippen molar-refractivity contribution in [3.8, 4) is 17.2 Å². The van der Waals surface area contributed by atoms with Gasteiger partial charge in [-0.2, -0.15) is 5.10 Å². The van der Waals surface area contributed by atoms with E-state index in [2.05, 4.69) is 15.8 Å². The number of rotatable bonds is 8. The van der Waals surface area contributed by atoms with Crippen LogP contribution in [0.5, 0.6) is 17.2 Å². The van der Waals surface area contributed by atoms with Crippen LogP contribution < -0.4 is 25.0 Å². The summed E-state index contributed by atoms with van der Waals surface area (Å²) in [7, 11) is 2.97. The molecule has 0 saturated heterocycles. The number of anilines is 1. The minimum atomic E-state index is -0.936. The number of nitrogens with one attached hydrogen (secondary N) is 2. The lowest BCUT2D eigenvalue weighted by Gasteiger charge is -2.12. The Labute approximate surface area is 206 Å². The maximum absolute atomic E-state index is 12.1. The van der Waals surface area contributed by atoms with E-state index < -0.39 is 11.8 Å². The van der Waals surface area contributed by atoms with E-state index in [1.807, 2.05) is 0 Å². The van der Waals surface area contributed by atoms with Crippen molar-refractivity contribution in [1.29, 1.82) is 0 Å². The molecule has 3 aromatic rings. The number of halogens is 2. The van der Waals surface area contributed by atoms with E-state index >= 15 is 0 Å². The van der Waals surface area contributed by atoms with Crippen LogP contribution in [0.15, 0.2) is 65.8 Å². The Morgan fingerprint density at radius 3 is 2.41 bits per heavy atom. The molecule has 0 aromatic heterocycles. The van der Waals surface area contributed by atoms with Crippen LogP contribution in [0.4, 0.5) is 5.69 Å². The summed E-state index contributed by atoms with van der Waals surface area (Å²) < 4.78 is 16.3. The summed E-state index contributed by atoms with van der Waals surface area (Å²) in [5, 5.41) is 7.33. The fraction of sp³-hybridized carbons (Fsp3) is 0.125. The average molecular weight is 502 g/mol. The quantitative estimate of drug-likeness (QED) is 0.265. The zero-order valence-electron chi connectivity index (χ0n) is 18.3. The lowest BCUT2D eigenvalue weighted by molar-refractivity contribution is -0.136. The number of hydrogen-bond acceptors (Lipinski definition) is 6. The standard InChI is InChI=1S/C24H21Cl2N3O5/c1-32-20-6-4-3-5-19(20)28-23(30)24(31)29-27-13-15-7-10-21(22(11-15)33-2)34-14-16-8-9-17(25)12-18(16)26/h3-13H,14H2,1-2H3,(H,28,30)(H,29,31)/b27-13-. The van der Waals surface area contributed by atoms with Gasteiger partial charge in [0.05, 0.1) is 26.1 Å². The summed E-state index contributed by atoms with van der Waals surface area (Å²) in [6, 6.07) is 17.0. The number of hydrazone groups is 1. The first kappa shape index (κ1) is 24.9. The molecule has 3 rings (SSSR count). The Morgan fingerprint density at radius 2 is 1.68 bits per heavy atom. The van der Waals surface area contributed by atoms with Gasteiger partial charge in [-0.25, -0.2) is 5.43 Å². The lowest BCUT2D eigenvalue weighted by atomic mass is 10.2. The highest BCUT2D eigenvalue weighted by molar-refractivity contribution is 6.39. The molecule has 0 radical (unpaired) electrons. The number of methoxy groups -OCH3 is 2. The normalized spacial score (nSPS) is 10.6. The SMILES string of the molecule is COc1ccccc1NC(=O)C(=O)N/N=C\c1ccc(OCc2ccc(Cl)cc2Cl)c(OC)c1. The van der Waals surface area contributed by atoms with E-state index in [9.17, 15) is 9.59 Å². The van der Waals surface area contributed by atoms with Gasteiger partial charge in [-0.15, -0.1) is 0 Å². The van der Waals surface area contributed by atoms with E-state index in [1.54, 1.807) is 60.7 Å². The zero-order chi connectivity index (χ0) is 24.5. The van der Waals surface area contributed by atoms with Crippen LogP contribution in [0.25, 0.3) is 0 Å². The summed E-state index contributed by atoms with van der Waals surface area (Å²) >= 11 is 12.1. The van der Waals surface area contributed by atoms with Gasteiger partial charge in [0, 0.05) is 15.6 Å². The van der Waals surface area contributed by atoms with Gasteiger partial charge in [-0.05, 0) is 48.0 Å². The molecular formula is C24H21Cl2N3O5. The van der Waals surface area contributed by atoms with Crippen LogP contribution in [0.2, 0.25) is 10.0 Å². The van der Waals surface area contributed by atoms with Gasteiger partial charge in [0.15, 0.2) is 11.5 Å². The minimum Gasteiger partial charge on any atom is -0.495 e. The predicted octanol–water partition coefficient (Wildman–Crippen LogP) is 4.68. The zero-order valence-corrected chi connectivity index (χ0v) is 19.8. The molecule has 34 heavy (non-hydrogen) atoms. The highest BCUT2D eigenvalue weighted by Crippen LogP contribution is 2.30. The molecule has 0 bridgehead atoms. The third-order valence-electron chi connectivity index (χ3n) is 4.53. The third-order valence-corrected chi connectivity index (χ3v) is 5.11. The average Bonchev–Trinajstić information content (AvgIpc) is 2.84. The Kier molecular flexibility index (Phi) is 8.73. The first-order valence-electron chi connectivity index (χ1n) is 9.93. The molecule has 0 saturated carbocycles. The van der Waals surface area contributed by atoms with Crippen LogP contribution in [0.3, 0.4) is 0 Å². The molecule has 10 heteroatoms. The van der Waals surface area contributed by atoms with Crippen molar-refractivity contribution in [2.24, 2.45) is 5.10 Å². The van der Waals surface area contributed by atoms with E-state index in [0.717, 1.165) is 5.56 Å². The van der Waals surface area contributed by atoms with Crippen LogP contribution in [0.1, 0.15) is 11.1 Å². The van der Waals surface area contributed by atoms with Gasteiger partial charge < -0.3 is 19.5 Å². The van der Waals surface area contributed by atoms with Crippen LogP contribution in [-0.4, -0.2) is 32.2 Å². The Morgan fingerprint density at radius 1 is 0.912 bits per heavy atom. The van der Waals surface area contributed by atoms with E-state index in [1.165, 1.54) is 20.4 Å². The fourth-order valence-corrected chi connectivity index (χ4v) is 3.28. The van der Waals surface area contributed by atoms with Crippen LogP contribution in [-0.2, 0) is 16.2 Å². The monoisotopic (exact) mass is 501 g/mol. The number of hydrogen-bond donors (Lipinski definition) is 2. The van der Waals surface area contributed by atoms with Crippen LogP contribution in [0, 0.1) is 0 Å². The maximum Gasteiger partial charge on any atom is 0.329 e. The van der Waals surface area contributed by atoms with Gasteiger partial charge in [0.25, 0.3) is 0 Å². The Balaban J connectivity index is 1.59. The highest BCUT2D eigenvalue weighted by atomic mass is 35.5. The Hall–Kier alpha value is -3.75. The van der Waals surface area contributed by atoms with Crippen molar-refractivity contribution in [2.45, 2.75) is 6.61 Å². The van der Waals surface area contributed by atoms with Crippen molar-refractivity contribution in [3.63, 3.8) is 0 Å². The van der Waals surface area contributed by atoms with E-state index in [-0.39, 0.29) is 6.61 Å². The summed E-state index contributed by atoms with van der Waals surface area (Å²) in [5.41, 5.74) is 3.93. The smallest absolute Gasteiger partial charge is 0.329 e. The first-order valence-corrected chi connectivity index (χ1v) is 10.7. The maximum atomic E-state index is 12.1. The number of benzene rings is 3. The van der Waals surface area contributed by atoms with E-state index in [0.29, 0.717) is 38.5 Å². The fourth-order valence-electron chi connectivity index (χ4n) is 2.82. The first-order chi connectivity index (χ1) is 16.4. The topological polar surface area (TPSA) is 98.2 Å². The number of carbonyl (C=O) groups excluding carboxylic acids is 2. The molecule has 3 aromatic carbocycles. The predicted molar refractivity (Wildman–Crippen MR) is 131 cm³/mol. The number of amides is 2. The largest absolute Gasteiger partial charge is 0.495 e. The molecule has 2 N–H and O–H groups in total. The highest BCUT2D eigenvalue weighted by Gasteiger charge is 2.15. The molecule has 8 nitrogen and oxygen atoms in total. The lowest BCUT2D eigenvalue weighted by Crippen LogP contribution is -2.32. The molecular weight excluding hydrogens is 481 g/mol. The molecule has 0 aliphatic rings. The van der Waals surface area contributed by atoms with Crippen LogP contribution >= 0.6 is 23.2 Å². The molecule has 176 valence electrons. The van der Waals surface area contributed by atoms with Gasteiger partial charge >= 0.3 is 11.8 Å². The molecule has 0 aliphatic heterocycles. The van der Waals surface area contributed by atoms with Gasteiger partial charge in [-0.3, -0.25) is 9.59 Å². The number of para-hydroxylation sites is 2. The molecule has 0 aliphatic carbocycles. The summed E-state index contributed by atoms with van der Waals surface area (Å²) in [6.07, 6.45) is 1.37. The molecule has 2 amide bonds. The second kappa shape index (κ2) is 11.9. The minimum absolute atomic E-state index is 0.219. The van der Waals surface area contributed by atoms with E-state index in [4.69, 9.17) is 37.4 Å². The molecule has 0 spiro atoms. The molecule has 0 atom stereocenters. The number of ether oxygens (including phenoxy) is 3. The van der Waals surface area contributed by atoms with Crippen molar-refractivity contribution >= 4 is 46.9 Å². The van der Waals surface area contributed by atoms with Crippen molar-refractivity contribution in [3.05, 3.63) is 81.8 Å². The summed E-state index contributed by atoms with van der Waals surface area (Å²) in [4.78, 5) is 24.1. The van der Waals surface area contributed by atoms with Gasteiger partial charge in [-0.1, -0.05) is 41.4 Å². The number of nitrogens with zero attached hydrogens (tertiary/aromatic N) is 1. The Bertz CT molecular complexity index is 1220. The second-order valence-electron chi connectivity index (χ2n) is 6.79. The molecule has 0 fully saturated rings. The second-order valence-corrected chi connectivity index (χ2v) is 7.63. The van der Waals surface area contributed by atoms with Crippen molar-refractivity contribution in [2.75, 3.05) is 19.5 Å². The molecule has 0 heterocycles. The number of carbonyl (C=O) groups is 2.